The normalized spacial score (nSPS) is 26.1. The van der Waals surface area contributed by atoms with Crippen molar-refractivity contribution in [1.29, 1.82) is 0 Å². The van der Waals surface area contributed by atoms with Crippen molar-refractivity contribution in [3.8, 4) is 11.5 Å². The zero-order chi connectivity index (χ0) is 34.9. The number of hydrogen-bond acceptors (Lipinski definition) is 5. The van der Waals surface area contributed by atoms with Crippen molar-refractivity contribution in [2.24, 2.45) is 11.8 Å². The molecule has 6 heteroatoms. The fourth-order valence-electron chi connectivity index (χ4n) is 8.45. The molecule has 0 spiro atoms. The van der Waals surface area contributed by atoms with Crippen LogP contribution in [0.2, 0.25) is 0 Å². The molecule has 6 nitrogen and oxygen atoms in total. The molecule has 2 aliphatic heterocycles. The highest BCUT2D eigenvalue weighted by molar-refractivity contribution is 5.73. The predicted octanol–water partition coefficient (Wildman–Crippen LogP) is 10.6. The molecule has 0 radical (unpaired) electrons. The van der Waals surface area contributed by atoms with Crippen LogP contribution in [-0.2, 0) is 4.74 Å². The summed E-state index contributed by atoms with van der Waals surface area (Å²) in [5, 5.41) is 3.39. The first-order valence-electron chi connectivity index (χ1n) is 19.8. The third-order valence-corrected chi connectivity index (χ3v) is 11.5. The van der Waals surface area contributed by atoms with Crippen molar-refractivity contribution >= 4 is 17.2 Å². The standard InChI is InChI=1S/C44H62N2O4/c1-5-32-9-17-39(18-10-32)48-42-23-15-35(16-24-42)37-27-30-46(43(47)50-44(2,3)4)38(31-37)8-6-7-33-11-19-40(20-12-33)49-41-21-13-34(14-22-41)36-25-28-45-29-26-36/h13-16,21-25,27,32-33,38-40,45H,5-12,17-20,26,28-31H2,1-4H3/t32-,33-,38?,39-,40-. The van der Waals surface area contributed by atoms with Crippen molar-refractivity contribution < 1.29 is 19.0 Å². The molecule has 2 aromatic rings. The van der Waals surface area contributed by atoms with Crippen LogP contribution in [0.1, 0.15) is 129 Å². The van der Waals surface area contributed by atoms with E-state index in [1.54, 1.807) is 0 Å². The second kappa shape index (κ2) is 17.3. The molecule has 1 N–H and O–H groups in total. The van der Waals surface area contributed by atoms with Crippen molar-refractivity contribution in [1.82, 2.24) is 10.2 Å². The molecule has 1 atom stereocenters. The lowest BCUT2D eigenvalue weighted by Crippen LogP contribution is -2.45. The number of hydrogen-bond donors (Lipinski definition) is 1. The fraction of sp³-hybridized carbons (Fsp3) is 0.614. The van der Waals surface area contributed by atoms with Crippen LogP contribution in [0.25, 0.3) is 11.1 Å². The molecular formula is C44H62N2O4. The topological polar surface area (TPSA) is 60.0 Å². The molecule has 6 rings (SSSR count). The van der Waals surface area contributed by atoms with Gasteiger partial charge >= 0.3 is 6.09 Å². The molecule has 2 saturated carbocycles. The molecule has 2 fully saturated rings. The van der Waals surface area contributed by atoms with Gasteiger partial charge in [0.2, 0.25) is 0 Å². The van der Waals surface area contributed by atoms with Crippen LogP contribution < -0.4 is 14.8 Å². The SMILES string of the molecule is CC[C@H]1CC[C@H](Oc2ccc(C3=CCN(C(=O)OC(C)(C)C)C(CCC[C@H]4CC[C@H](Oc5ccc(C6=CCNCC6)cc5)CC4)C3)cc2)CC1. The highest BCUT2D eigenvalue weighted by atomic mass is 16.6. The van der Waals surface area contributed by atoms with Gasteiger partial charge in [-0.25, -0.2) is 4.79 Å². The summed E-state index contributed by atoms with van der Waals surface area (Å²) in [5.41, 5.74) is 4.80. The highest BCUT2D eigenvalue weighted by Crippen LogP contribution is 2.35. The number of benzene rings is 2. The minimum absolute atomic E-state index is 0.137. The first kappa shape index (κ1) is 36.5. The summed E-state index contributed by atoms with van der Waals surface area (Å²) in [5.74, 6) is 3.56. The smallest absolute Gasteiger partial charge is 0.410 e. The summed E-state index contributed by atoms with van der Waals surface area (Å²) in [6, 6.07) is 17.6. The van der Waals surface area contributed by atoms with E-state index >= 15 is 0 Å². The first-order valence-corrected chi connectivity index (χ1v) is 19.8. The molecule has 2 aromatic carbocycles. The van der Waals surface area contributed by atoms with Crippen molar-refractivity contribution in [2.45, 2.75) is 141 Å². The summed E-state index contributed by atoms with van der Waals surface area (Å²) in [6.07, 6.45) is 21.0. The van der Waals surface area contributed by atoms with Crippen LogP contribution in [0.5, 0.6) is 11.5 Å². The van der Waals surface area contributed by atoms with E-state index in [9.17, 15) is 4.79 Å². The summed E-state index contributed by atoms with van der Waals surface area (Å²) in [6.45, 7) is 10.8. The third kappa shape index (κ3) is 10.4. The Balaban J connectivity index is 0.984. The van der Waals surface area contributed by atoms with Gasteiger partial charge < -0.3 is 24.4 Å². The lowest BCUT2D eigenvalue weighted by atomic mass is 9.83. The molecule has 1 unspecified atom stereocenters. The van der Waals surface area contributed by atoms with E-state index in [4.69, 9.17) is 14.2 Å². The van der Waals surface area contributed by atoms with Gasteiger partial charge in [0.15, 0.2) is 0 Å². The Morgan fingerprint density at radius 3 is 1.88 bits per heavy atom. The molecule has 1 amide bonds. The van der Waals surface area contributed by atoms with Gasteiger partial charge in [-0.3, -0.25) is 0 Å². The maximum absolute atomic E-state index is 13.3. The highest BCUT2D eigenvalue weighted by Gasteiger charge is 2.32. The van der Waals surface area contributed by atoms with Crippen LogP contribution in [0, 0.1) is 11.8 Å². The molecule has 0 bridgehead atoms. The molecule has 50 heavy (non-hydrogen) atoms. The van der Waals surface area contributed by atoms with E-state index in [0.717, 1.165) is 87.8 Å². The number of carbonyl (C=O) groups excluding carboxylic acids is 1. The Morgan fingerprint density at radius 2 is 1.34 bits per heavy atom. The van der Waals surface area contributed by atoms with Crippen LogP contribution in [0.3, 0.4) is 0 Å². The van der Waals surface area contributed by atoms with Gasteiger partial charge in [-0.05, 0) is 156 Å². The van der Waals surface area contributed by atoms with Gasteiger partial charge in [0, 0.05) is 19.1 Å². The van der Waals surface area contributed by atoms with Crippen molar-refractivity contribution in [3.63, 3.8) is 0 Å². The molecule has 272 valence electrons. The molecule has 0 saturated heterocycles. The maximum atomic E-state index is 13.3. The number of rotatable bonds is 11. The Hall–Kier alpha value is -3.25. The maximum Gasteiger partial charge on any atom is 0.410 e. The number of amides is 1. The molecular weight excluding hydrogens is 620 g/mol. The summed E-state index contributed by atoms with van der Waals surface area (Å²) >= 11 is 0. The van der Waals surface area contributed by atoms with E-state index in [-0.39, 0.29) is 12.1 Å². The first-order chi connectivity index (χ1) is 24.2. The van der Waals surface area contributed by atoms with Gasteiger partial charge in [0.1, 0.15) is 17.1 Å². The number of nitrogens with zero attached hydrogens (tertiary/aromatic N) is 1. The average Bonchev–Trinajstić information content (AvgIpc) is 3.13. The van der Waals surface area contributed by atoms with Gasteiger partial charge in [0.05, 0.1) is 12.2 Å². The summed E-state index contributed by atoms with van der Waals surface area (Å²) in [7, 11) is 0. The van der Waals surface area contributed by atoms with Gasteiger partial charge in [0.25, 0.3) is 0 Å². The minimum atomic E-state index is -0.509. The second-order valence-corrected chi connectivity index (χ2v) is 16.3. The monoisotopic (exact) mass is 682 g/mol. The zero-order valence-electron chi connectivity index (χ0n) is 31.3. The lowest BCUT2D eigenvalue weighted by Gasteiger charge is -2.37. The van der Waals surface area contributed by atoms with Crippen LogP contribution in [0.4, 0.5) is 4.79 Å². The van der Waals surface area contributed by atoms with E-state index in [1.165, 1.54) is 60.8 Å². The molecule has 2 heterocycles. The Kier molecular flexibility index (Phi) is 12.6. The minimum Gasteiger partial charge on any atom is -0.490 e. The lowest BCUT2D eigenvalue weighted by molar-refractivity contribution is 0.0170. The van der Waals surface area contributed by atoms with Gasteiger partial charge in [-0.1, -0.05) is 62.6 Å². The second-order valence-electron chi connectivity index (χ2n) is 16.3. The van der Waals surface area contributed by atoms with E-state index in [1.807, 2.05) is 25.7 Å². The molecule has 4 aliphatic rings. The van der Waals surface area contributed by atoms with E-state index in [2.05, 4.69) is 72.9 Å². The number of ether oxygens (including phenoxy) is 3. The fourth-order valence-corrected chi connectivity index (χ4v) is 8.45. The number of nitrogens with one attached hydrogen (secondary N) is 1. The van der Waals surface area contributed by atoms with Crippen molar-refractivity contribution in [2.75, 3.05) is 19.6 Å². The number of carbonyl (C=O) groups is 1. The summed E-state index contributed by atoms with van der Waals surface area (Å²) < 4.78 is 18.7. The largest absolute Gasteiger partial charge is 0.490 e. The van der Waals surface area contributed by atoms with Gasteiger partial charge in [-0.15, -0.1) is 0 Å². The predicted molar refractivity (Wildman–Crippen MR) is 205 cm³/mol. The average molecular weight is 683 g/mol. The van der Waals surface area contributed by atoms with Crippen molar-refractivity contribution in [3.05, 3.63) is 71.8 Å². The van der Waals surface area contributed by atoms with Crippen LogP contribution >= 0.6 is 0 Å². The van der Waals surface area contributed by atoms with E-state index in [0.29, 0.717) is 18.8 Å². The van der Waals surface area contributed by atoms with Gasteiger partial charge in [-0.2, -0.15) is 0 Å². The van der Waals surface area contributed by atoms with E-state index < -0.39 is 5.60 Å². The molecule has 2 aliphatic carbocycles. The Bertz CT molecular complexity index is 1420. The zero-order valence-corrected chi connectivity index (χ0v) is 31.3. The Morgan fingerprint density at radius 1 is 0.760 bits per heavy atom. The van der Waals surface area contributed by atoms with Crippen LogP contribution in [0.15, 0.2) is 60.7 Å². The molecule has 0 aromatic heterocycles. The third-order valence-electron chi connectivity index (χ3n) is 11.5. The summed E-state index contributed by atoms with van der Waals surface area (Å²) in [4.78, 5) is 15.3. The van der Waals surface area contributed by atoms with Crippen LogP contribution in [-0.4, -0.2) is 54.5 Å². The Labute approximate surface area is 302 Å². The quantitative estimate of drug-likeness (QED) is 0.256.